The molecule has 0 saturated heterocycles. The molecule has 1 aromatic rings. The van der Waals surface area contributed by atoms with Crippen molar-refractivity contribution in [2.24, 2.45) is 5.10 Å². The Morgan fingerprint density at radius 3 is 2.50 bits per heavy atom. The van der Waals surface area contributed by atoms with Crippen LogP contribution in [0.4, 0.5) is 5.69 Å². The monoisotopic (exact) mass is 336 g/mol. The molecule has 0 radical (unpaired) electrons. The summed E-state index contributed by atoms with van der Waals surface area (Å²) in [6.45, 7) is 1.50. The maximum absolute atomic E-state index is 12.1. The van der Waals surface area contributed by atoms with Crippen LogP contribution in [0.3, 0.4) is 0 Å². The van der Waals surface area contributed by atoms with Crippen LogP contribution in [0.25, 0.3) is 0 Å². The van der Waals surface area contributed by atoms with Crippen molar-refractivity contribution in [1.29, 1.82) is 5.26 Å². The van der Waals surface area contributed by atoms with Crippen molar-refractivity contribution in [3.8, 4) is 6.07 Å². The summed E-state index contributed by atoms with van der Waals surface area (Å²) in [6, 6.07) is 6.54. The molecule has 6 nitrogen and oxygen atoms in total. The van der Waals surface area contributed by atoms with E-state index in [-0.39, 0.29) is 16.9 Å². The number of rotatable bonds is 2. The molecule has 112 valence electrons. The fourth-order valence-electron chi connectivity index (χ4n) is 1.81. The highest BCUT2D eigenvalue weighted by molar-refractivity contribution is 6.50. The topological polar surface area (TPSA) is 85.6 Å². The smallest absolute Gasteiger partial charge is 0.278 e. The van der Waals surface area contributed by atoms with E-state index in [1.54, 1.807) is 24.3 Å². The first-order chi connectivity index (χ1) is 10.4. The molecule has 0 spiro atoms. The molecule has 1 aromatic carbocycles. The molecule has 0 saturated carbocycles. The minimum atomic E-state index is -0.640. The number of benzene rings is 1. The largest absolute Gasteiger partial charge is 0.281 e. The molecule has 22 heavy (non-hydrogen) atoms. The van der Waals surface area contributed by atoms with Crippen molar-refractivity contribution in [3.05, 3.63) is 39.4 Å². The van der Waals surface area contributed by atoms with Gasteiger partial charge in [0.05, 0.1) is 15.7 Å². The van der Waals surface area contributed by atoms with E-state index in [2.05, 4.69) is 10.5 Å². The Kier molecular flexibility index (Phi) is 4.50. The first-order valence-electron chi connectivity index (χ1n) is 6.09. The van der Waals surface area contributed by atoms with Crippen LogP contribution in [0.2, 0.25) is 10.0 Å². The van der Waals surface area contributed by atoms with E-state index < -0.39 is 11.8 Å². The SMILES string of the molecule is CC1=C(C#N)C(=O)N(C)C(=O)/C1=N\Nc1ccc(Cl)c(Cl)c1. The lowest BCUT2D eigenvalue weighted by Crippen LogP contribution is -2.44. The number of nitriles is 1. The zero-order valence-corrected chi connectivity index (χ0v) is 13.2. The number of nitrogens with zero attached hydrogens (tertiary/aromatic N) is 3. The van der Waals surface area contributed by atoms with Gasteiger partial charge in [-0.3, -0.25) is 19.9 Å². The highest BCUT2D eigenvalue weighted by Crippen LogP contribution is 2.25. The second-order valence-electron chi connectivity index (χ2n) is 4.48. The molecule has 0 fully saturated rings. The van der Waals surface area contributed by atoms with Gasteiger partial charge in [-0.25, -0.2) is 0 Å². The van der Waals surface area contributed by atoms with Gasteiger partial charge in [0.2, 0.25) is 0 Å². The van der Waals surface area contributed by atoms with E-state index in [1.807, 2.05) is 0 Å². The Morgan fingerprint density at radius 2 is 1.91 bits per heavy atom. The molecule has 0 aromatic heterocycles. The molecule has 1 heterocycles. The normalized spacial score (nSPS) is 17.0. The van der Waals surface area contributed by atoms with Gasteiger partial charge in [0.1, 0.15) is 11.6 Å². The Bertz CT molecular complexity index is 778. The third kappa shape index (κ3) is 2.82. The Balaban J connectivity index is 2.39. The van der Waals surface area contributed by atoms with Crippen molar-refractivity contribution < 1.29 is 9.59 Å². The third-order valence-corrected chi connectivity index (χ3v) is 3.82. The summed E-state index contributed by atoms with van der Waals surface area (Å²) in [7, 11) is 1.29. The molecule has 2 rings (SSSR count). The summed E-state index contributed by atoms with van der Waals surface area (Å²) < 4.78 is 0. The lowest BCUT2D eigenvalue weighted by atomic mass is 10.00. The summed E-state index contributed by atoms with van der Waals surface area (Å²) in [4.78, 5) is 24.7. The molecule has 0 bridgehead atoms. The highest BCUT2D eigenvalue weighted by Gasteiger charge is 2.34. The third-order valence-electron chi connectivity index (χ3n) is 3.08. The molecule has 2 amide bonds. The van der Waals surface area contributed by atoms with Crippen LogP contribution in [0, 0.1) is 11.3 Å². The number of imide groups is 1. The van der Waals surface area contributed by atoms with Gasteiger partial charge in [0.25, 0.3) is 11.8 Å². The number of nitrogens with one attached hydrogen (secondary N) is 1. The summed E-state index contributed by atoms with van der Waals surface area (Å²) in [5.41, 5.74) is 3.28. The van der Waals surface area contributed by atoms with E-state index in [1.165, 1.54) is 14.0 Å². The van der Waals surface area contributed by atoms with Crippen molar-refractivity contribution in [1.82, 2.24) is 4.90 Å². The molecule has 0 unspecified atom stereocenters. The van der Waals surface area contributed by atoms with Gasteiger partial charge in [-0.05, 0) is 25.1 Å². The van der Waals surface area contributed by atoms with Crippen LogP contribution >= 0.6 is 23.2 Å². The van der Waals surface area contributed by atoms with E-state index in [9.17, 15) is 9.59 Å². The Labute approximate surface area is 136 Å². The molecule has 1 aliphatic rings. The number of hydrazone groups is 1. The lowest BCUT2D eigenvalue weighted by molar-refractivity contribution is -0.136. The lowest BCUT2D eigenvalue weighted by Gasteiger charge is -2.22. The van der Waals surface area contributed by atoms with Crippen LogP contribution in [0.1, 0.15) is 6.92 Å². The average molecular weight is 337 g/mol. The molecule has 0 aliphatic carbocycles. The number of anilines is 1. The minimum absolute atomic E-state index is 0.00952. The van der Waals surface area contributed by atoms with Gasteiger partial charge in [0.15, 0.2) is 5.71 Å². The fourth-order valence-corrected chi connectivity index (χ4v) is 2.11. The molecule has 1 aliphatic heterocycles. The van der Waals surface area contributed by atoms with Gasteiger partial charge in [-0.1, -0.05) is 23.2 Å². The summed E-state index contributed by atoms with van der Waals surface area (Å²) in [5, 5.41) is 13.7. The second kappa shape index (κ2) is 6.18. The molecule has 1 N–H and O–H groups in total. The first kappa shape index (κ1) is 16.0. The molecular weight excluding hydrogens is 327 g/mol. The maximum Gasteiger partial charge on any atom is 0.281 e. The highest BCUT2D eigenvalue weighted by atomic mass is 35.5. The van der Waals surface area contributed by atoms with Crippen LogP contribution < -0.4 is 5.43 Å². The summed E-state index contributed by atoms with van der Waals surface area (Å²) in [6.07, 6.45) is 0. The Hall–Kier alpha value is -2.36. The van der Waals surface area contributed by atoms with Crippen LogP contribution in [0.15, 0.2) is 34.4 Å². The Morgan fingerprint density at radius 1 is 1.23 bits per heavy atom. The van der Waals surface area contributed by atoms with Gasteiger partial charge in [-0.2, -0.15) is 10.4 Å². The number of carbonyl (C=O) groups is 2. The van der Waals surface area contributed by atoms with Crippen LogP contribution in [-0.4, -0.2) is 29.5 Å². The van der Waals surface area contributed by atoms with Crippen LogP contribution in [-0.2, 0) is 9.59 Å². The van der Waals surface area contributed by atoms with E-state index >= 15 is 0 Å². The summed E-state index contributed by atoms with van der Waals surface area (Å²) in [5.74, 6) is -1.23. The van der Waals surface area contributed by atoms with E-state index in [0.29, 0.717) is 15.7 Å². The van der Waals surface area contributed by atoms with Crippen molar-refractivity contribution >= 4 is 46.4 Å². The predicted molar refractivity (Wildman–Crippen MR) is 83.6 cm³/mol. The quantitative estimate of drug-likeness (QED) is 0.664. The fraction of sp³-hybridized carbons (Fsp3) is 0.143. The number of carbonyl (C=O) groups excluding carboxylic acids is 2. The number of hydrogen-bond donors (Lipinski definition) is 1. The summed E-state index contributed by atoms with van der Waals surface area (Å²) >= 11 is 11.7. The molecular formula is C14H10Cl2N4O2. The second-order valence-corrected chi connectivity index (χ2v) is 5.30. The number of halogens is 2. The first-order valence-corrected chi connectivity index (χ1v) is 6.85. The van der Waals surface area contributed by atoms with Gasteiger partial charge >= 0.3 is 0 Å². The van der Waals surface area contributed by atoms with E-state index in [4.69, 9.17) is 28.5 Å². The molecule has 0 atom stereocenters. The van der Waals surface area contributed by atoms with E-state index in [0.717, 1.165) is 4.90 Å². The maximum atomic E-state index is 12.1. The van der Waals surface area contributed by atoms with Crippen LogP contribution in [0.5, 0.6) is 0 Å². The van der Waals surface area contributed by atoms with Crippen molar-refractivity contribution in [2.75, 3.05) is 12.5 Å². The molecule has 8 heteroatoms. The van der Waals surface area contributed by atoms with Crippen molar-refractivity contribution in [3.63, 3.8) is 0 Å². The van der Waals surface area contributed by atoms with Crippen molar-refractivity contribution in [2.45, 2.75) is 6.92 Å². The van der Waals surface area contributed by atoms with Gasteiger partial charge < -0.3 is 0 Å². The number of likely N-dealkylation sites (N-methyl/N-ethyl adjacent to an activating group) is 1. The average Bonchev–Trinajstić information content (AvgIpc) is 2.49. The van der Waals surface area contributed by atoms with Gasteiger partial charge in [0, 0.05) is 12.6 Å². The standard InChI is InChI=1S/C14H10Cl2N4O2/c1-7-9(6-17)13(21)20(2)14(22)12(7)19-18-8-3-4-10(15)11(16)5-8/h3-5,18H,1-2H3/b19-12-. The van der Waals surface area contributed by atoms with Gasteiger partial charge in [-0.15, -0.1) is 0 Å². The number of amides is 2. The zero-order chi connectivity index (χ0) is 16.4. The minimum Gasteiger partial charge on any atom is -0.278 e. The zero-order valence-electron chi connectivity index (χ0n) is 11.6. The number of hydrogen-bond acceptors (Lipinski definition) is 5. The predicted octanol–water partition coefficient (Wildman–Crippen LogP) is 2.60.